The first-order chi connectivity index (χ1) is 16.6. The third-order valence-electron chi connectivity index (χ3n) is 6.00. The Morgan fingerprint density at radius 3 is 2.34 bits per heavy atom. The highest BCUT2D eigenvalue weighted by molar-refractivity contribution is 5.99. The molecule has 0 spiro atoms. The summed E-state index contributed by atoms with van der Waals surface area (Å²) in [6, 6.07) is 17.6. The Balaban J connectivity index is 1.84. The Kier molecular flexibility index (Phi) is 8.49. The van der Waals surface area contributed by atoms with Crippen molar-refractivity contribution in [1.82, 2.24) is 14.7 Å². The fraction of sp³-hybridized carbons (Fsp3) is 0.414. The summed E-state index contributed by atoms with van der Waals surface area (Å²) in [6.45, 7) is 13.0. The quantitative estimate of drug-likeness (QED) is 0.418. The van der Waals surface area contributed by atoms with Crippen LogP contribution in [0.5, 0.6) is 0 Å². The highest BCUT2D eigenvalue weighted by atomic mass is 16.2. The maximum Gasteiger partial charge on any atom is 0.254 e. The number of benzene rings is 2. The number of carbonyl (C=O) groups is 2. The number of nitrogens with zero attached hydrogens (tertiary/aromatic N) is 3. The van der Waals surface area contributed by atoms with Crippen LogP contribution in [0.25, 0.3) is 5.69 Å². The molecule has 3 aromatic rings. The lowest BCUT2D eigenvalue weighted by atomic mass is 9.92. The summed E-state index contributed by atoms with van der Waals surface area (Å²) in [6.07, 6.45) is 2.69. The molecule has 2 aromatic carbocycles. The number of anilines is 1. The Hall–Kier alpha value is -3.41. The minimum absolute atomic E-state index is 0.0157. The number of aromatic nitrogens is 2. The molecule has 0 saturated carbocycles. The molecule has 2 amide bonds. The zero-order valence-electron chi connectivity index (χ0n) is 21.9. The molecule has 0 bridgehead atoms. The van der Waals surface area contributed by atoms with E-state index in [1.165, 1.54) is 5.56 Å². The van der Waals surface area contributed by atoms with Crippen LogP contribution >= 0.6 is 0 Å². The Bertz CT molecular complexity index is 1160. The average Bonchev–Trinajstić information content (AvgIpc) is 3.25. The molecule has 0 aliphatic rings. The van der Waals surface area contributed by atoms with Crippen LogP contribution in [0.2, 0.25) is 0 Å². The summed E-state index contributed by atoms with van der Waals surface area (Å²) in [7, 11) is 0. The minimum Gasteiger partial charge on any atom is -0.329 e. The highest BCUT2D eigenvalue weighted by Gasteiger charge is 2.23. The molecule has 0 saturated heterocycles. The summed E-state index contributed by atoms with van der Waals surface area (Å²) in [5.41, 5.74) is 4.47. The fourth-order valence-corrected chi connectivity index (χ4v) is 3.82. The molecule has 0 atom stereocenters. The fourth-order valence-electron chi connectivity index (χ4n) is 3.82. The van der Waals surface area contributed by atoms with Gasteiger partial charge in [-0.2, -0.15) is 5.10 Å². The molecule has 1 aromatic heterocycles. The van der Waals surface area contributed by atoms with Gasteiger partial charge in [0.1, 0.15) is 12.4 Å². The van der Waals surface area contributed by atoms with E-state index in [4.69, 9.17) is 5.10 Å². The lowest BCUT2D eigenvalue weighted by Gasteiger charge is -2.22. The van der Waals surface area contributed by atoms with Crippen molar-refractivity contribution in [2.75, 3.05) is 18.4 Å². The summed E-state index contributed by atoms with van der Waals surface area (Å²) >= 11 is 0. The van der Waals surface area contributed by atoms with Gasteiger partial charge >= 0.3 is 0 Å². The van der Waals surface area contributed by atoms with Gasteiger partial charge in [-0.1, -0.05) is 65.3 Å². The highest BCUT2D eigenvalue weighted by Crippen LogP contribution is 2.26. The van der Waals surface area contributed by atoms with Crippen LogP contribution in [0.15, 0.2) is 54.6 Å². The number of amides is 2. The first-order valence-electron chi connectivity index (χ1n) is 12.5. The van der Waals surface area contributed by atoms with Gasteiger partial charge in [0.25, 0.3) is 5.91 Å². The number of hydrogen-bond acceptors (Lipinski definition) is 3. The predicted molar refractivity (Wildman–Crippen MR) is 142 cm³/mol. The smallest absolute Gasteiger partial charge is 0.254 e. The zero-order valence-corrected chi connectivity index (χ0v) is 21.9. The Morgan fingerprint density at radius 1 is 1.03 bits per heavy atom. The van der Waals surface area contributed by atoms with E-state index in [0.29, 0.717) is 17.9 Å². The third-order valence-corrected chi connectivity index (χ3v) is 6.00. The molecule has 186 valence electrons. The van der Waals surface area contributed by atoms with Crippen LogP contribution < -0.4 is 5.32 Å². The maximum absolute atomic E-state index is 13.2. The average molecular weight is 475 g/mol. The summed E-state index contributed by atoms with van der Waals surface area (Å²) in [4.78, 5) is 28.1. The second-order valence-corrected chi connectivity index (χ2v) is 10.1. The van der Waals surface area contributed by atoms with Gasteiger partial charge in [0.2, 0.25) is 5.91 Å². The molecule has 0 unspecified atom stereocenters. The van der Waals surface area contributed by atoms with Crippen molar-refractivity contribution in [3.05, 3.63) is 77.0 Å². The van der Waals surface area contributed by atoms with Crippen LogP contribution in [0.3, 0.4) is 0 Å². The van der Waals surface area contributed by atoms with Crippen LogP contribution in [0, 0.1) is 6.92 Å². The molecule has 6 heteroatoms. The van der Waals surface area contributed by atoms with Crippen LogP contribution in [-0.2, 0) is 16.6 Å². The topological polar surface area (TPSA) is 67.2 Å². The number of rotatable bonds is 9. The van der Waals surface area contributed by atoms with Crippen molar-refractivity contribution in [2.45, 2.75) is 66.2 Å². The number of aryl methyl sites for hydroxylation is 2. The molecule has 1 N–H and O–H groups in total. The Morgan fingerprint density at radius 2 is 1.74 bits per heavy atom. The normalized spacial score (nSPS) is 11.4. The molecular weight excluding hydrogens is 436 g/mol. The van der Waals surface area contributed by atoms with Crippen molar-refractivity contribution in [3.63, 3.8) is 0 Å². The van der Waals surface area contributed by atoms with Gasteiger partial charge in [0.15, 0.2) is 0 Å². The number of hydrogen-bond donors (Lipinski definition) is 1. The monoisotopic (exact) mass is 474 g/mol. The van der Waals surface area contributed by atoms with Gasteiger partial charge in [0, 0.05) is 23.6 Å². The lowest BCUT2D eigenvalue weighted by Crippen LogP contribution is -2.39. The third kappa shape index (κ3) is 6.81. The zero-order chi connectivity index (χ0) is 25.6. The van der Waals surface area contributed by atoms with Gasteiger partial charge < -0.3 is 10.2 Å². The van der Waals surface area contributed by atoms with Crippen molar-refractivity contribution >= 4 is 17.6 Å². The van der Waals surface area contributed by atoms with E-state index in [2.05, 4.69) is 39.9 Å². The van der Waals surface area contributed by atoms with Crippen molar-refractivity contribution in [1.29, 1.82) is 0 Å². The van der Waals surface area contributed by atoms with E-state index in [1.54, 1.807) is 9.58 Å². The molecule has 3 rings (SSSR count). The first kappa shape index (κ1) is 26.2. The van der Waals surface area contributed by atoms with Crippen molar-refractivity contribution in [2.24, 2.45) is 0 Å². The maximum atomic E-state index is 13.2. The van der Waals surface area contributed by atoms with Crippen LogP contribution in [0.1, 0.15) is 74.6 Å². The second kappa shape index (κ2) is 11.3. The lowest BCUT2D eigenvalue weighted by molar-refractivity contribution is -0.117. The van der Waals surface area contributed by atoms with E-state index >= 15 is 0 Å². The molecule has 0 aliphatic carbocycles. The molecule has 0 aliphatic heterocycles. The molecule has 0 fully saturated rings. The van der Waals surface area contributed by atoms with E-state index in [9.17, 15) is 9.59 Å². The molecule has 0 radical (unpaired) electrons. The van der Waals surface area contributed by atoms with Crippen molar-refractivity contribution in [3.8, 4) is 5.69 Å². The first-order valence-corrected chi connectivity index (χ1v) is 12.5. The standard InChI is InChI=1S/C29H38N4O2/c1-7-9-17-32(28(35)23-15-13-22(8-2)14-16-23)20-27(34)30-26-19-25(29(4,5)6)31-33(26)24-12-10-11-21(3)18-24/h10-16,18-19H,7-9,17,20H2,1-6H3,(H,30,34). The van der Waals surface area contributed by atoms with E-state index in [0.717, 1.165) is 36.2 Å². The van der Waals surface area contributed by atoms with E-state index < -0.39 is 0 Å². The number of unbranched alkanes of at least 4 members (excludes halogenated alkanes) is 1. The van der Waals surface area contributed by atoms with E-state index in [-0.39, 0.29) is 23.8 Å². The largest absolute Gasteiger partial charge is 0.329 e. The van der Waals surface area contributed by atoms with Crippen LogP contribution in [0.4, 0.5) is 5.82 Å². The van der Waals surface area contributed by atoms with Gasteiger partial charge in [-0.25, -0.2) is 4.68 Å². The minimum atomic E-state index is -0.242. The van der Waals surface area contributed by atoms with Crippen molar-refractivity contribution < 1.29 is 9.59 Å². The molecule has 6 nitrogen and oxygen atoms in total. The SMILES string of the molecule is CCCCN(CC(=O)Nc1cc(C(C)(C)C)nn1-c1cccc(C)c1)C(=O)c1ccc(CC)cc1. The van der Waals surface area contributed by atoms with Crippen LogP contribution in [-0.4, -0.2) is 39.6 Å². The predicted octanol–water partition coefficient (Wildman–Crippen LogP) is 5.92. The van der Waals surface area contributed by atoms with Gasteiger partial charge in [0.05, 0.1) is 11.4 Å². The van der Waals surface area contributed by atoms with Gasteiger partial charge in [-0.15, -0.1) is 0 Å². The number of nitrogens with one attached hydrogen (secondary N) is 1. The second-order valence-electron chi connectivity index (χ2n) is 10.1. The van der Waals surface area contributed by atoms with Gasteiger partial charge in [-0.05, 0) is 55.2 Å². The summed E-state index contributed by atoms with van der Waals surface area (Å²) in [5, 5.41) is 7.82. The molecule has 1 heterocycles. The molecular formula is C29H38N4O2. The summed E-state index contributed by atoms with van der Waals surface area (Å²) in [5.74, 6) is 0.230. The van der Waals surface area contributed by atoms with Gasteiger partial charge in [-0.3, -0.25) is 9.59 Å². The van der Waals surface area contributed by atoms with E-state index in [1.807, 2.05) is 61.5 Å². The number of carbonyl (C=O) groups excluding carboxylic acids is 2. The molecule has 35 heavy (non-hydrogen) atoms. The Labute approximate surface area is 209 Å². The summed E-state index contributed by atoms with van der Waals surface area (Å²) < 4.78 is 1.77.